The monoisotopic (exact) mass is 656 g/mol. The van der Waals surface area contributed by atoms with Crippen LogP contribution in [0.15, 0.2) is 48.6 Å². The quantitative estimate of drug-likeness (QED) is 0.0339. The Bertz CT molecular complexity index is 776. The Morgan fingerprint density at radius 3 is 1.38 bits per heavy atom. The number of nitrogens with zero attached hydrogens (tertiary/aromatic N) is 1. The number of aliphatic hydroxyl groups is 1. The number of hydrogen-bond donors (Lipinski definition) is 1. The minimum Gasteiger partial charge on any atom is -0.365 e. The molecule has 1 aliphatic carbocycles. The van der Waals surface area contributed by atoms with Crippen LogP contribution in [0, 0.1) is 0 Å². The summed E-state index contributed by atoms with van der Waals surface area (Å²) in [6, 6.07) is 0.665. The molecule has 1 N–H and O–H groups in total. The fourth-order valence-electron chi connectivity index (χ4n) is 6.85. The van der Waals surface area contributed by atoms with Gasteiger partial charge in [0.1, 0.15) is 0 Å². The number of hydrogen-bond acceptors (Lipinski definition) is 3. The molecule has 1 saturated carbocycles. The molecule has 0 amide bonds. The lowest BCUT2D eigenvalue weighted by Crippen LogP contribution is -2.41. The molecule has 0 spiro atoms. The minimum absolute atomic E-state index is 0.222. The summed E-state index contributed by atoms with van der Waals surface area (Å²) in [4.78, 5) is 2.36. The van der Waals surface area contributed by atoms with Gasteiger partial charge in [-0.25, -0.2) is 0 Å². The molecule has 1 fully saturated rings. The van der Waals surface area contributed by atoms with E-state index in [9.17, 15) is 5.11 Å². The Morgan fingerprint density at radius 2 is 0.936 bits per heavy atom. The lowest BCUT2D eigenvalue weighted by atomic mass is 9.91. The third-order valence-electron chi connectivity index (χ3n) is 10.1. The first kappa shape index (κ1) is 43.9. The summed E-state index contributed by atoms with van der Waals surface area (Å²) in [7, 11) is 4.39. The molecule has 274 valence electrons. The maximum absolute atomic E-state index is 11.7. The van der Waals surface area contributed by atoms with Crippen molar-refractivity contribution in [2.24, 2.45) is 0 Å². The first-order chi connectivity index (χ1) is 23.0. The van der Waals surface area contributed by atoms with Crippen LogP contribution in [0.3, 0.4) is 0 Å². The van der Waals surface area contributed by atoms with Gasteiger partial charge in [0.25, 0.3) is 0 Å². The molecule has 1 unspecified atom stereocenters. The number of ether oxygens (including phenoxy) is 1. The van der Waals surface area contributed by atoms with E-state index in [1.807, 2.05) is 0 Å². The molecule has 3 heteroatoms. The summed E-state index contributed by atoms with van der Waals surface area (Å²) < 4.78 is 6.56. The summed E-state index contributed by atoms with van der Waals surface area (Å²) in [5, 5.41) is 11.7. The predicted octanol–water partition coefficient (Wildman–Crippen LogP) is 13.6. The Balaban J connectivity index is 2.24. The number of unbranched alkanes of at least 4 members (excludes halogenated alkanes) is 18. The van der Waals surface area contributed by atoms with Gasteiger partial charge >= 0.3 is 0 Å². The lowest BCUT2D eigenvalue weighted by molar-refractivity contribution is -0.244. The zero-order valence-corrected chi connectivity index (χ0v) is 32.1. The largest absolute Gasteiger partial charge is 0.365 e. The third kappa shape index (κ3) is 27.4. The molecule has 0 radical (unpaired) electrons. The van der Waals surface area contributed by atoms with Gasteiger partial charge in [-0.3, -0.25) is 0 Å². The van der Waals surface area contributed by atoms with E-state index < -0.39 is 5.79 Å². The van der Waals surface area contributed by atoms with Gasteiger partial charge in [0.15, 0.2) is 5.79 Å². The SMILES string of the molecule is CCCCC/C=C\C/C=C\CCCCCCCCC(O)(CCCCCCCC/C=C\C=C\CCCCC)OC1CCC(N(C)C)CC1. The molecule has 3 nitrogen and oxygen atoms in total. The van der Waals surface area contributed by atoms with Crippen LogP contribution < -0.4 is 0 Å². The molecular formula is C44H81NO2. The zero-order valence-electron chi connectivity index (χ0n) is 32.1. The van der Waals surface area contributed by atoms with E-state index in [1.54, 1.807) is 0 Å². The van der Waals surface area contributed by atoms with Crippen molar-refractivity contribution in [2.75, 3.05) is 14.1 Å². The van der Waals surface area contributed by atoms with Crippen molar-refractivity contribution in [3.63, 3.8) is 0 Å². The zero-order chi connectivity index (χ0) is 34.1. The topological polar surface area (TPSA) is 32.7 Å². The first-order valence-corrected chi connectivity index (χ1v) is 20.7. The second kappa shape index (κ2) is 32.1. The molecular weight excluding hydrogens is 574 g/mol. The molecule has 0 heterocycles. The second-order valence-electron chi connectivity index (χ2n) is 14.8. The summed E-state index contributed by atoms with van der Waals surface area (Å²) in [5.41, 5.74) is 0. The summed E-state index contributed by atoms with van der Waals surface area (Å²) >= 11 is 0. The van der Waals surface area contributed by atoms with Crippen molar-refractivity contribution >= 4 is 0 Å². The third-order valence-corrected chi connectivity index (χ3v) is 10.1. The molecule has 1 atom stereocenters. The molecule has 1 rings (SSSR count). The molecule has 0 aromatic heterocycles. The first-order valence-electron chi connectivity index (χ1n) is 20.7. The molecule has 0 saturated heterocycles. The van der Waals surface area contributed by atoms with Gasteiger partial charge in [0.2, 0.25) is 0 Å². The van der Waals surface area contributed by atoms with Crippen molar-refractivity contribution in [3.05, 3.63) is 48.6 Å². The van der Waals surface area contributed by atoms with Gasteiger partial charge in [-0.05, 0) is 110 Å². The number of rotatable bonds is 32. The highest BCUT2D eigenvalue weighted by Crippen LogP contribution is 2.32. The highest BCUT2D eigenvalue weighted by Gasteiger charge is 2.33. The molecule has 1 aliphatic rings. The molecule has 47 heavy (non-hydrogen) atoms. The predicted molar refractivity (Wildman–Crippen MR) is 209 cm³/mol. The van der Waals surface area contributed by atoms with E-state index in [0.29, 0.717) is 6.04 Å². The normalized spacial score (nSPS) is 18.9. The Hall–Kier alpha value is -1.16. The highest BCUT2D eigenvalue weighted by molar-refractivity contribution is 5.02. The maximum Gasteiger partial charge on any atom is 0.165 e. The van der Waals surface area contributed by atoms with Crippen molar-refractivity contribution in [1.29, 1.82) is 0 Å². The van der Waals surface area contributed by atoms with Gasteiger partial charge in [-0.1, -0.05) is 140 Å². The van der Waals surface area contributed by atoms with Crippen LogP contribution in [-0.4, -0.2) is 42.0 Å². The lowest BCUT2D eigenvalue weighted by Gasteiger charge is -2.38. The van der Waals surface area contributed by atoms with Crippen LogP contribution in [-0.2, 0) is 4.74 Å². The van der Waals surface area contributed by atoms with Crippen molar-refractivity contribution in [3.8, 4) is 0 Å². The standard InChI is InChI=1S/C44H81NO2/c1-5-7-9-11-13-15-17-19-21-23-25-27-29-31-33-35-41-44(46,47-43-38-36-42(37-39-43)45(3)4)40-34-32-30-28-26-24-22-20-18-16-14-12-10-8-6-2/h13-16,18-21,42-43,46H,5-12,17,22-41H2,1-4H3/b15-13-,16-14+,20-18-,21-19-. The molecule has 0 bridgehead atoms. The fourth-order valence-corrected chi connectivity index (χ4v) is 6.85. The van der Waals surface area contributed by atoms with Crippen LogP contribution >= 0.6 is 0 Å². The molecule has 0 aromatic carbocycles. The molecule has 0 aromatic rings. The van der Waals surface area contributed by atoms with E-state index in [1.165, 1.54) is 141 Å². The van der Waals surface area contributed by atoms with Crippen LogP contribution in [0.5, 0.6) is 0 Å². The Morgan fingerprint density at radius 1 is 0.532 bits per heavy atom. The minimum atomic E-state index is -0.931. The summed E-state index contributed by atoms with van der Waals surface area (Å²) in [6.45, 7) is 4.53. The van der Waals surface area contributed by atoms with E-state index in [4.69, 9.17) is 4.74 Å². The molecule has 0 aliphatic heterocycles. The Labute approximate surface area is 294 Å². The average Bonchev–Trinajstić information content (AvgIpc) is 3.06. The summed E-state index contributed by atoms with van der Waals surface area (Å²) in [5.74, 6) is -0.931. The van der Waals surface area contributed by atoms with E-state index in [-0.39, 0.29) is 6.10 Å². The van der Waals surface area contributed by atoms with E-state index in [2.05, 4.69) is 81.5 Å². The van der Waals surface area contributed by atoms with Crippen LogP contribution in [0.4, 0.5) is 0 Å². The van der Waals surface area contributed by atoms with Crippen LogP contribution in [0.2, 0.25) is 0 Å². The smallest absolute Gasteiger partial charge is 0.165 e. The fraction of sp³-hybridized carbons (Fsp3) is 0.818. The van der Waals surface area contributed by atoms with Crippen LogP contribution in [0.1, 0.15) is 200 Å². The Kier molecular flexibility index (Phi) is 29.9. The average molecular weight is 656 g/mol. The van der Waals surface area contributed by atoms with Gasteiger partial charge in [-0.15, -0.1) is 0 Å². The van der Waals surface area contributed by atoms with Crippen LogP contribution in [0.25, 0.3) is 0 Å². The highest BCUT2D eigenvalue weighted by atomic mass is 16.6. The maximum atomic E-state index is 11.7. The van der Waals surface area contributed by atoms with Gasteiger partial charge in [0, 0.05) is 18.9 Å². The van der Waals surface area contributed by atoms with E-state index >= 15 is 0 Å². The number of allylic oxidation sites excluding steroid dienone is 8. The van der Waals surface area contributed by atoms with Crippen molar-refractivity contribution < 1.29 is 9.84 Å². The van der Waals surface area contributed by atoms with Crippen molar-refractivity contribution in [2.45, 2.75) is 218 Å². The van der Waals surface area contributed by atoms with Gasteiger partial charge in [-0.2, -0.15) is 0 Å². The summed E-state index contributed by atoms with van der Waals surface area (Å²) in [6.07, 6.45) is 53.7. The van der Waals surface area contributed by atoms with Crippen molar-refractivity contribution in [1.82, 2.24) is 4.90 Å². The van der Waals surface area contributed by atoms with E-state index in [0.717, 1.165) is 44.9 Å². The van der Waals surface area contributed by atoms with Gasteiger partial charge < -0.3 is 14.7 Å². The second-order valence-corrected chi connectivity index (χ2v) is 14.8. The van der Waals surface area contributed by atoms with Gasteiger partial charge in [0.05, 0.1) is 6.10 Å².